The van der Waals surface area contributed by atoms with E-state index >= 15 is 0 Å². The lowest BCUT2D eigenvalue weighted by Gasteiger charge is -2.24. The Kier molecular flexibility index (Phi) is 5.44. The molecule has 3 heteroatoms. The van der Waals surface area contributed by atoms with E-state index in [0.717, 1.165) is 24.6 Å². The van der Waals surface area contributed by atoms with Crippen molar-refractivity contribution in [3.8, 4) is 0 Å². The van der Waals surface area contributed by atoms with Crippen LogP contribution in [0.4, 0.5) is 0 Å². The molecule has 1 fully saturated rings. The number of nitrogens with one attached hydrogen (secondary N) is 1. The monoisotopic (exact) mass is 263 g/mol. The highest BCUT2D eigenvalue weighted by Crippen LogP contribution is 2.29. The normalized spacial score (nSPS) is 18.1. The van der Waals surface area contributed by atoms with E-state index < -0.39 is 0 Å². The molecule has 1 N–H and O–H groups in total. The third kappa shape index (κ3) is 4.07. The van der Waals surface area contributed by atoms with Crippen LogP contribution in [0.1, 0.15) is 56.8 Å². The summed E-state index contributed by atoms with van der Waals surface area (Å²) in [7, 11) is 2.06. The number of rotatable bonds is 7. The van der Waals surface area contributed by atoms with Crippen molar-refractivity contribution in [2.24, 2.45) is 13.0 Å². The lowest BCUT2D eigenvalue weighted by molar-refractivity contribution is 0.339. The molecule has 0 radical (unpaired) electrons. The van der Waals surface area contributed by atoms with Crippen molar-refractivity contribution in [2.45, 2.75) is 64.8 Å². The quantitative estimate of drug-likeness (QED) is 0.818. The maximum absolute atomic E-state index is 4.44. The van der Waals surface area contributed by atoms with Crippen molar-refractivity contribution in [3.63, 3.8) is 0 Å². The van der Waals surface area contributed by atoms with Crippen molar-refractivity contribution in [1.29, 1.82) is 0 Å². The molecule has 1 aromatic heterocycles. The van der Waals surface area contributed by atoms with E-state index in [0.29, 0.717) is 6.04 Å². The molecule has 1 saturated carbocycles. The van der Waals surface area contributed by atoms with E-state index in [-0.39, 0.29) is 0 Å². The molecule has 108 valence electrons. The van der Waals surface area contributed by atoms with Crippen LogP contribution < -0.4 is 5.32 Å². The molecule has 19 heavy (non-hydrogen) atoms. The first-order valence-corrected chi connectivity index (χ1v) is 7.93. The van der Waals surface area contributed by atoms with Gasteiger partial charge in [-0.3, -0.25) is 4.68 Å². The zero-order chi connectivity index (χ0) is 13.7. The molecule has 1 heterocycles. The summed E-state index contributed by atoms with van der Waals surface area (Å²) in [6.07, 6.45) is 9.34. The molecular weight excluding hydrogens is 234 g/mol. The van der Waals surface area contributed by atoms with Gasteiger partial charge in [-0.2, -0.15) is 5.10 Å². The van der Waals surface area contributed by atoms with Gasteiger partial charge in [-0.1, -0.05) is 19.8 Å². The number of aryl methyl sites for hydroxylation is 3. The standard InChI is InChI=1S/C16H29N3/c1-4-11-17-16(14-7-5-6-8-14)10-9-15-12-13(2)18-19(15)3/h12,14,16-17H,4-11H2,1-3H3. The van der Waals surface area contributed by atoms with E-state index in [9.17, 15) is 0 Å². The van der Waals surface area contributed by atoms with Gasteiger partial charge in [-0.25, -0.2) is 0 Å². The zero-order valence-electron chi connectivity index (χ0n) is 12.8. The number of aromatic nitrogens is 2. The van der Waals surface area contributed by atoms with Crippen LogP contribution >= 0.6 is 0 Å². The van der Waals surface area contributed by atoms with Gasteiger partial charge in [0.2, 0.25) is 0 Å². The molecule has 0 spiro atoms. The molecule has 0 amide bonds. The van der Waals surface area contributed by atoms with Crippen LogP contribution in [0.25, 0.3) is 0 Å². The van der Waals surface area contributed by atoms with Crippen molar-refractivity contribution in [3.05, 3.63) is 17.5 Å². The van der Waals surface area contributed by atoms with Gasteiger partial charge in [-0.15, -0.1) is 0 Å². The largest absolute Gasteiger partial charge is 0.314 e. The molecule has 0 saturated heterocycles. The minimum atomic E-state index is 0.706. The van der Waals surface area contributed by atoms with E-state index in [1.165, 1.54) is 44.2 Å². The summed E-state index contributed by atoms with van der Waals surface area (Å²) >= 11 is 0. The first-order valence-electron chi connectivity index (χ1n) is 7.93. The molecule has 1 aliphatic carbocycles. The van der Waals surface area contributed by atoms with Gasteiger partial charge in [0, 0.05) is 18.8 Å². The molecule has 0 bridgehead atoms. The van der Waals surface area contributed by atoms with E-state index in [1.54, 1.807) is 0 Å². The van der Waals surface area contributed by atoms with Crippen molar-refractivity contribution in [2.75, 3.05) is 6.54 Å². The fourth-order valence-corrected chi connectivity index (χ4v) is 3.40. The number of hydrogen-bond donors (Lipinski definition) is 1. The Morgan fingerprint density at radius 3 is 2.74 bits per heavy atom. The van der Waals surface area contributed by atoms with Crippen LogP contribution in [0.2, 0.25) is 0 Å². The van der Waals surface area contributed by atoms with Crippen molar-refractivity contribution < 1.29 is 0 Å². The average Bonchev–Trinajstić information content (AvgIpc) is 3.00. The van der Waals surface area contributed by atoms with E-state index in [2.05, 4.69) is 37.4 Å². The molecule has 1 aliphatic rings. The fraction of sp³-hybridized carbons (Fsp3) is 0.812. The van der Waals surface area contributed by atoms with Gasteiger partial charge in [-0.05, 0) is 57.6 Å². The zero-order valence-corrected chi connectivity index (χ0v) is 12.8. The summed E-state index contributed by atoms with van der Waals surface area (Å²) < 4.78 is 2.04. The molecule has 1 atom stereocenters. The Bertz CT molecular complexity index is 377. The summed E-state index contributed by atoms with van der Waals surface area (Å²) in [5.74, 6) is 0.904. The first kappa shape index (κ1) is 14.6. The van der Waals surface area contributed by atoms with E-state index in [1.807, 2.05) is 4.68 Å². The molecule has 0 aliphatic heterocycles. The molecule has 1 aromatic rings. The Hall–Kier alpha value is -0.830. The van der Waals surface area contributed by atoms with Crippen LogP contribution in [0.3, 0.4) is 0 Å². The second-order valence-electron chi connectivity index (χ2n) is 6.04. The highest BCUT2D eigenvalue weighted by molar-refractivity contribution is 5.09. The van der Waals surface area contributed by atoms with Gasteiger partial charge in [0.15, 0.2) is 0 Å². The van der Waals surface area contributed by atoms with Crippen LogP contribution in [0, 0.1) is 12.8 Å². The third-order valence-corrected chi connectivity index (χ3v) is 4.44. The second-order valence-corrected chi connectivity index (χ2v) is 6.04. The summed E-state index contributed by atoms with van der Waals surface area (Å²) in [5.41, 5.74) is 2.51. The maximum atomic E-state index is 4.44. The smallest absolute Gasteiger partial charge is 0.0596 e. The molecule has 0 aromatic carbocycles. The summed E-state index contributed by atoms with van der Waals surface area (Å²) in [6.45, 7) is 5.49. The SMILES string of the molecule is CCCNC(CCc1cc(C)nn1C)C1CCCC1. The highest BCUT2D eigenvalue weighted by Gasteiger charge is 2.24. The lowest BCUT2D eigenvalue weighted by atomic mass is 9.93. The van der Waals surface area contributed by atoms with Gasteiger partial charge in [0.25, 0.3) is 0 Å². The molecular formula is C16H29N3. The highest BCUT2D eigenvalue weighted by atomic mass is 15.3. The summed E-state index contributed by atoms with van der Waals surface area (Å²) in [6, 6.07) is 2.93. The van der Waals surface area contributed by atoms with Crippen molar-refractivity contribution in [1.82, 2.24) is 15.1 Å². The fourth-order valence-electron chi connectivity index (χ4n) is 3.40. The van der Waals surface area contributed by atoms with Gasteiger partial charge < -0.3 is 5.32 Å². The first-order chi connectivity index (χ1) is 9.20. The number of hydrogen-bond acceptors (Lipinski definition) is 2. The summed E-state index contributed by atoms with van der Waals surface area (Å²) in [5, 5.41) is 8.22. The molecule has 2 rings (SSSR count). The van der Waals surface area contributed by atoms with Crippen LogP contribution in [0.15, 0.2) is 6.07 Å². The Morgan fingerprint density at radius 1 is 1.42 bits per heavy atom. The van der Waals surface area contributed by atoms with Gasteiger partial charge in [0.1, 0.15) is 0 Å². The molecule has 3 nitrogen and oxygen atoms in total. The topological polar surface area (TPSA) is 29.9 Å². The minimum absolute atomic E-state index is 0.706. The predicted molar refractivity (Wildman–Crippen MR) is 80.3 cm³/mol. The van der Waals surface area contributed by atoms with Crippen LogP contribution in [-0.2, 0) is 13.5 Å². The summed E-state index contributed by atoms with van der Waals surface area (Å²) in [4.78, 5) is 0. The third-order valence-electron chi connectivity index (χ3n) is 4.44. The van der Waals surface area contributed by atoms with Gasteiger partial charge >= 0.3 is 0 Å². The Balaban J connectivity index is 1.89. The van der Waals surface area contributed by atoms with Gasteiger partial charge in [0.05, 0.1) is 5.69 Å². The lowest BCUT2D eigenvalue weighted by Crippen LogP contribution is -2.36. The van der Waals surface area contributed by atoms with E-state index in [4.69, 9.17) is 0 Å². The van der Waals surface area contributed by atoms with Crippen molar-refractivity contribution >= 4 is 0 Å². The predicted octanol–water partition coefficient (Wildman–Crippen LogP) is 3.22. The minimum Gasteiger partial charge on any atom is -0.314 e. The van der Waals surface area contributed by atoms with Crippen LogP contribution in [-0.4, -0.2) is 22.4 Å². The average molecular weight is 263 g/mol. The molecule has 1 unspecified atom stereocenters. The second kappa shape index (κ2) is 7.09. The maximum Gasteiger partial charge on any atom is 0.0596 e. The van der Waals surface area contributed by atoms with Crippen LogP contribution in [0.5, 0.6) is 0 Å². The Morgan fingerprint density at radius 2 is 2.16 bits per heavy atom. The Labute approximate surface area is 117 Å². The number of nitrogens with zero attached hydrogens (tertiary/aromatic N) is 2.